The number of methoxy groups -OCH3 is 1. The first-order valence-corrected chi connectivity index (χ1v) is 10.3. The maximum absolute atomic E-state index is 6.21. The van der Waals surface area contributed by atoms with Crippen LogP contribution in [0.25, 0.3) is 0 Å². The molecule has 0 bridgehead atoms. The van der Waals surface area contributed by atoms with Crippen LogP contribution in [0.5, 0.6) is 11.5 Å². The number of nitrogens with one attached hydrogen (secondary N) is 1. The van der Waals surface area contributed by atoms with Crippen LogP contribution in [0.4, 0.5) is 0 Å². The van der Waals surface area contributed by atoms with Gasteiger partial charge in [-0.3, -0.25) is 0 Å². The van der Waals surface area contributed by atoms with Crippen LogP contribution >= 0.6 is 39.1 Å². The highest BCUT2D eigenvalue weighted by molar-refractivity contribution is 9.10. The number of halogens is 3. The van der Waals surface area contributed by atoms with Gasteiger partial charge in [0.05, 0.1) is 7.11 Å². The molecule has 2 aromatic rings. The molecule has 7 heteroatoms. The number of benzene rings is 2. The van der Waals surface area contributed by atoms with Crippen molar-refractivity contribution in [1.29, 1.82) is 0 Å². The van der Waals surface area contributed by atoms with Gasteiger partial charge in [-0.15, -0.1) is 0 Å². The molecular formula is C20H24BrCl2NO3. The zero-order valence-electron chi connectivity index (χ0n) is 15.5. The molecule has 0 radical (unpaired) electrons. The average Bonchev–Trinajstić information content (AvgIpc) is 2.65. The van der Waals surface area contributed by atoms with Gasteiger partial charge in [0, 0.05) is 39.8 Å². The highest BCUT2D eigenvalue weighted by Crippen LogP contribution is 2.34. The largest absolute Gasteiger partial charge is 0.493 e. The van der Waals surface area contributed by atoms with Crippen molar-refractivity contribution in [3.8, 4) is 11.5 Å². The molecule has 0 saturated heterocycles. The second kappa shape index (κ2) is 11.8. The highest BCUT2D eigenvalue weighted by Gasteiger charge is 2.11. The molecule has 0 fully saturated rings. The Hall–Kier alpha value is -0.980. The number of rotatable bonds is 11. The Morgan fingerprint density at radius 1 is 1.07 bits per heavy atom. The fourth-order valence-corrected chi connectivity index (χ4v) is 3.37. The predicted molar refractivity (Wildman–Crippen MR) is 114 cm³/mol. The van der Waals surface area contributed by atoms with E-state index in [0.29, 0.717) is 28.2 Å². The van der Waals surface area contributed by atoms with Crippen molar-refractivity contribution in [3.63, 3.8) is 0 Å². The summed E-state index contributed by atoms with van der Waals surface area (Å²) in [6.45, 7) is 5.48. The first-order valence-electron chi connectivity index (χ1n) is 8.76. The summed E-state index contributed by atoms with van der Waals surface area (Å²) in [6, 6.07) is 9.24. The zero-order valence-corrected chi connectivity index (χ0v) is 18.6. The lowest BCUT2D eigenvalue weighted by Gasteiger charge is -2.15. The van der Waals surface area contributed by atoms with E-state index in [4.69, 9.17) is 37.4 Å². The van der Waals surface area contributed by atoms with E-state index in [0.717, 1.165) is 48.3 Å². The second-order valence-electron chi connectivity index (χ2n) is 5.85. The lowest BCUT2D eigenvalue weighted by Crippen LogP contribution is -2.16. The van der Waals surface area contributed by atoms with E-state index in [2.05, 4.69) is 21.2 Å². The Labute approximate surface area is 179 Å². The number of ether oxygens (including phenoxy) is 3. The van der Waals surface area contributed by atoms with Crippen LogP contribution in [0.3, 0.4) is 0 Å². The molecule has 0 amide bonds. The maximum Gasteiger partial charge on any atom is 0.162 e. The van der Waals surface area contributed by atoms with E-state index >= 15 is 0 Å². The Balaban J connectivity index is 1.98. The van der Waals surface area contributed by atoms with Crippen molar-refractivity contribution in [2.75, 3.05) is 26.9 Å². The normalized spacial score (nSPS) is 10.9. The van der Waals surface area contributed by atoms with Gasteiger partial charge in [0.25, 0.3) is 0 Å². The first-order chi connectivity index (χ1) is 13.0. The quantitative estimate of drug-likeness (QED) is 0.412. The molecule has 148 valence electrons. The topological polar surface area (TPSA) is 39.7 Å². The van der Waals surface area contributed by atoms with E-state index in [1.165, 1.54) is 0 Å². The summed E-state index contributed by atoms with van der Waals surface area (Å²) < 4.78 is 17.7. The Morgan fingerprint density at radius 3 is 2.59 bits per heavy atom. The highest BCUT2D eigenvalue weighted by atomic mass is 79.9. The van der Waals surface area contributed by atoms with Crippen LogP contribution in [0.2, 0.25) is 10.0 Å². The molecule has 0 aliphatic heterocycles. The zero-order chi connectivity index (χ0) is 19.6. The average molecular weight is 477 g/mol. The number of hydrogen-bond donors (Lipinski definition) is 1. The third-order valence-electron chi connectivity index (χ3n) is 3.89. The molecular weight excluding hydrogens is 453 g/mol. The number of hydrogen-bond acceptors (Lipinski definition) is 4. The van der Waals surface area contributed by atoms with Gasteiger partial charge < -0.3 is 19.5 Å². The monoisotopic (exact) mass is 475 g/mol. The molecule has 2 rings (SSSR count). The van der Waals surface area contributed by atoms with Crippen LogP contribution in [0.15, 0.2) is 34.8 Å². The molecule has 0 spiro atoms. The van der Waals surface area contributed by atoms with Crippen molar-refractivity contribution in [2.45, 2.75) is 26.5 Å². The van der Waals surface area contributed by atoms with Gasteiger partial charge in [-0.1, -0.05) is 45.2 Å². The molecule has 2 aromatic carbocycles. The van der Waals surface area contributed by atoms with Crippen molar-refractivity contribution >= 4 is 39.1 Å². The molecule has 0 unspecified atom stereocenters. The van der Waals surface area contributed by atoms with Gasteiger partial charge in [-0.2, -0.15) is 0 Å². The molecule has 27 heavy (non-hydrogen) atoms. The van der Waals surface area contributed by atoms with Gasteiger partial charge in [0.15, 0.2) is 11.5 Å². The lowest BCUT2D eigenvalue weighted by molar-refractivity contribution is 0.144. The minimum absolute atomic E-state index is 0.327. The Bertz CT molecular complexity index is 743. The van der Waals surface area contributed by atoms with Crippen molar-refractivity contribution in [3.05, 3.63) is 56.0 Å². The van der Waals surface area contributed by atoms with Gasteiger partial charge >= 0.3 is 0 Å². The molecule has 0 atom stereocenters. The standard InChI is InChI=1S/C20H24BrCl2NO3/c1-3-26-8-4-7-24-12-15-9-19(25-2)20(11-17(15)21)27-13-14-5-6-16(22)10-18(14)23/h5-6,9-11,24H,3-4,7-8,12-13H2,1-2H3. The minimum Gasteiger partial charge on any atom is -0.493 e. The minimum atomic E-state index is 0.327. The summed E-state index contributed by atoms with van der Waals surface area (Å²) in [4.78, 5) is 0. The molecule has 0 saturated carbocycles. The SMILES string of the molecule is CCOCCCNCc1cc(OC)c(OCc2ccc(Cl)cc2Cl)cc1Br. The van der Waals surface area contributed by atoms with E-state index in [9.17, 15) is 0 Å². The van der Waals surface area contributed by atoms with Gasteiger partial charge in [-0.05, 0) is 49.7 Å². The summed E-state index contributed by atoms with van der Waals surface area (Å²) in [5.41, 5.74) is 1.96. The van der Waals surface area contributed by atoms with Crippen molar-refractivity contribution < 1.29 is 14.2 Å². The summed E-state index contributed by atoms with van der Waals surface area (Å²) >= 11 is 15.8. The summed E-state index contributed by atoms with van der Waals surface area (Å²) in [5.74, 6) is 1.32. The predicted octanol–water partition coefficient (Wildman–Crippen LogP) is 5.86. The van der Waals surface area contributed by atoms with E-state index in [-0.39, 0.29) is 0 Å². The van der Waals surface area contributed by atoms with Crippen LogP contribution in [-0.2, 0) is 17.9 Å². The third-order valence-corrected chi connectivity index (χ3v) is 5.22. The molecule has 0 aromatic heterocycles. The van der Waals surface area contributed by atoms with E-state index in [1.807, 2.05) is 25.1 Å². The van der Waals surface area contributed by atoms with Gasteiger partial charge in [0.2, 0.25) is 0 Å². The first kappa shape index (κ1) is 22.3. The summed E-state index contributed by atoms with van der Waals surface area (Å²) in [5, 5.41) is 4.58. The molecule has 4 nitrogen and oxygen atoms in total. The van der Waals surface area contributed by atoms with E-state index < -0.39 is 0 Å². The second-order valence-corrected chi connectivity index (χ2v) is 7.54. The fraction of sp³-hybridized carbons (Fsp3) is 0.400. The molecule has 1 N–H and O–H groups in total. The molecule has 0 aliphatic rings. The van der Waals surface area contributed by atoms with Crippen LogP contribution in [-0.4, -0.2) is 26.9 Å². The van der Waals surface area contributed by atoms with Crippen molar-refractivity contribution in [2.24, 2.45) is 0 Å². The smallest absolute Gasteiger partial charge is 0.162 e. The molecule has 0 heterocycles. The molecule has 0 aliphatic carbocycles. The Morgan fingerprint density at radius 2 is 1.89 bits per heavy atom. The van der Waals surface area contributed by atoms with Crippen molar-refractivity contribution in [1.82, 2.24) is 5.32 Å². The third kappa shape index (κ3) is 7.16. The fourth-order valence-electron chi connectivity index (χ4n) is 2.45. The van der Waals surface area contributed by atoms with Crippen LogP contribution < -0.4 is 14.8 Å². The lowest BCUT2D eigenvalue weighted by atomic mass is 10.2. The van der Waals surface area contributed by atoms with E-state index in [1.54, 1.807) is 19.2 Å². The summed E-state index contributed by atoms with van der Waals surface area (Å²) in [6.07, 6.45) is 0.978. The summed E-state index contributed by atoms with van der Waals surface area (Å²) in [7, 11) is 1.63. The maximum atomic E-state index is 6.21. The Kier molecular flexibility index (Phi) is 9.73. The van der Waals surface area contributed by atoms with Crippen LogP contribution in [0.1, 0.15) is 24.5 Å². The van der Waals surface area contributed by atoms with Crippen LogP contribution in [0, 0.1) is 0 Å². The van der Waals surface area contributed by atoms with Gasteiger partial charge in [0.1, 0.15) is 6.61 Å². The van der Waals surface area contributed by atoms with Gasteiger partial charge in [-0.25, -0.2) is 0 Å².